The van der Waals surface area contributed by atoms with Crippen LogP contribution in [-0.2, 0) is 4.79 Å². The molecule has 0 fully saturated rings. The molecule has 0 aliphatic heterocycles. The summed E-state index contributed by atoms with van der Waals surface area (Å²) in [5.41, 5.74) is 6.36. The number of hydrogen-bond acceptors (Lipinski definition) is 3. The van der Waals surface area contributed by atoms with Crippen LogP contribution in [0.5, 0.6) is 0 Å². The number of fused-ring (bicyclic) bond motifs is 1. The molecule has 1 heterocycles. The van der Waals surface area contributed by atoms with E-state index in [9.17, 15) is 14.0 Å². The molecule has 0 spiro atoms. The Kier molecular flexibility index (Phi) is 8.10. The number of nitrogens with zero attached hydrogens (tertiary/aromatic N) is 2. The Balaban J connectivity index is 1.57. The van der Waals surface area contributed by atoms with E-state index in [1.165, 1.54) is 12.1 Å². The first-order valence-corrected chi connectivity index (χ1v) is 13.7. The van der Waals surface area contributed by atoms with Crippen molar-refractivity contribution in [3.8, 4) is 22.4 Å². The average molecular weight is 590 g/mol. The maximum Gasteiger partial charge on any atom is 0.305 e. The van der Waals surface area contributed by atoms with Crippen LogP contribution in [-0.4, -0.2) is 33.3 Å². The van der Waals surface area contributed by atoms with Gasteiger partial charge in [-0.3, -0.25) is 14.3 Å². The van der Waals surface area contributed by atoms with Gasteiger partial charge in [0.25, 0.3) is 5.91 Å². The van der Waals surface area contributed by atoms with E-state index in [4.69, 9.17) is 33.4 Å². The number of halogens is 3. The van der Waals surface area contributed by atoms with Crippen LogP contribution in [0.25, 0.3) is 33.3 Å². The molecule has 2 N–H and O–H groups in total. The van der Waals surface area contributed by atoms with Crippen molar-refractivity contribution in [2.75, 3.05) is 6.54 Å². The number of hydrogen-bond donors (Lipinski definition) is 2. The third-order valence-electron chi connectivity index (χ3n) is 6.99. The normalized spacial score (nSPS) is 11.9. The molecule has 1 aromatic heterocycles. The lowest BCUT2D eigenvalue weighted by Crippen LogP contribution is -2.26. The van der Waals surface area contributed by atoms with Gasteiger partial charge in [-0.05, 0) is 90.7 Å². The van der Waals surface area contributed by atoms with Gasteiger partial charge >= 0.3 is 5.97 Å². The Morgan fingerprint density at radius 3 is 2.32 bits per heavy atom. The van der Waals surface area contributed by atoms with Crippen LogP contribution in [0.3, 0.4) is 0 Å². The molecule has 0 saturated carbocycles. The summed E-state index contributed by atoms with van der Waals surface area (Å²) in [5.74, 6) is -1.60. The molecule has 0 aliphatic rings. The van der Waals surface area contributed by atoms with Crippen molar-refractivity contribution in [2.45, 2.75) is 26.3 Å². The van der Waals surface area contributed by atoms with Gasteiger partial charge in [0.15, 0.2) is 0 Å². The molecule has 5 rings (SSSR count). The topological polar surface area (TPSA) is 84.2 Å². The number of rotatable bonds is 8. The van der Waals surface area contributed by atoms with Crippen LogP contribution >= 0.6 is 23.2 Å². The van der Waals surface area contributed by atoms with E-state index in [1.54, 1.807) is 24.3 Å². The van der Waals surface area contributed by atoms with Crippen LogP contribution in [0.1, 0.15) is 40.9 Å². The van der Waals surface area contributed by atoms with E-state index < -0.39 is 5.97 Å². The fraction of sp³-hybridized carbons (Fsp3) is 0.156. The minimum absolute atomic E-state index is 0.0533. The monoisotopic (exact) mass is 589 g/mol. The van der Waals surface area contributed by atoms with Crippen molar-refractivity contribution in [3.63, 3.8) is 0 Å². The summed E-state index contributed by atoms with van der Waals surface area (Å²) in [5, 5.41) is 18.3. The average Bonchev–Trinajstić information content (AvgIpc) is 3.31. The van der Waals surface area contributed by atoms with Gasteiger partial charge in [-0.1, -0.05) is 47.5 Å². The molecule has 9 heteroatoms. The number of aromatic nitrogens is 2. The smallest absolute Gasteiger partial charge is 0.305 e. The molecule has 0 saturated heterocycles. The summed E-state index contributed by atoms with van der Waals surface area (Å²) in [6, 6.07) is 23.0. The van der Waals surface area contributed by atoms with E-state index in [2.05, 4.69) is 5.32 Å². The summed E-state index contributed by atoms with van der Waals surface area (Å²) in [4.78, 5) is 23.2. The van der Waals surface area contributed by atoms with Crippen LogP contribution < -0.4 is 5.32 Å². The van der Waals surface area contributed by atoms with Crippen molar-refractivity contribution >= 4 is 46.0 Å². The second kappa shape index (κ2) is 11.7. The number of benzene rings is 4. The Hall–Kier alpha value is -4.20. The maximum atomic E-state index is 13.8. The molecule has 1 atom stereocenters. The molecule has 5 aromatic rings. The molecule has 1 amide bonds. The highest BCUT2D eigenvalue weighted by Crippen LogP contribution is 2.37. The van der Waals surface area contributed by atoms with E-state index >= 15 is 0 Å². The first-order valence-electron chi connectivity index (χ1n) is 13.0. The zero-order chi connectivity index (χ0) is 29.3. The van der Waals surface area contributed by atoms with Gasteiger partial charge < -0.3 is 10.4 Å². The van der Waals surface area contributed by atoms with Crippen molar-refractivity contribution in [2.24, 2.45) is 0 Å². The summed E-state index contributed by atoms with van der Waals surface area (Å²) in [6.45, 7) is 3.94. The summed E-state index contributed by atoms with van der Waals surface area (Å²) < 4.78 is 15.7. The van der Waals surface area contributed by atoms with Gasteiger partial charge in [0, 0.05) is 33.1 Å². The van der Waals surface area contributed by atoms with Crippen molar-refractivity contribution in [1.29, 1.82) is 0 Å². The molecule has 208 valence electrons. The molecule has 0 unspecified atom stereocenters. The largest absolute Gasteiger partial charge is 0.481 e. The van der Waals surface area contributed by atoms with Crippen molar-refractivity contribution in [1.82, 2.24) is 15.1 Å². The van der Waals surface area contributed by atoms with Gasteiger partial charge in [-0.25, -0.2) is 4.39 Å². The molecule has 6 nitrogen and oxygen atoms in total. The Labute approximate surface area is 246 Å². The predicted octanol–water partition coefficient (Wildman–Crippen LogP) is 7.94. The fourth-order valence-electron chi connectivity index (χ4n) is 4.89. The Morgan fingerprint density at radius 1 is 0.951 bits per heavy atom. The van der Waals surface area contributed by atoms with Crippen molar-refractivity contribution < 1.29 is 19.1 Å². The maximum absolute atomic E-state index is 13.8. The van der Waals surface area contributed by atoms with Crippen LogP contribution in [0.4, 0.5) is 4.39 Å². The van der Waals surface area contributed by atoms with Gasteiger partial charge in [-0.15, -0.1) is 0 Å². The second-order valence-electron chi connectivity index (χ2n) is 9.84. The van der Waals surface area contributed by atoms with Crippen LogP contribution in [0, 0.1) is 12.7 Å². The lowest BCUT2D eigenvalue weighted by atomic mass is 9.98. The molecule has 41 heavy (non-hydrogen) atoms. The van der Waals surface area contributed by atoms with Gasteiger partial charge in [0.1, 0.15) is 11.5 Å². The minimum atomic E-state index is -0.974. The zero-order valence-corrected chi connectivity index (χ0v) is 23.8. The van der Waals surface area contributed by atoms with E-state index in [-0.39, 0.29) is 30.7 Å². The van der Waals surface area contributed by atoms with Crippen molar-refractivity contribution in [3.05, 3.63) is 111 Å². The first-order chi connectivity index (χ1) is 19.6. The van der Waals surface area contributed by atoms with E-state index in [0.717, 1.165) is 38.7 Å². The third kappa shape index (κ3) is 6.11. The second-order valence-corrected chi connectivity index (χ2v) is 10.7. The highest BCUT2D eigenvalue weighted by molar-refractivity contribution is 6.35. The summed E-state index contributed by atoms with van der Waals surface area (Å²) >= 11 is 12.7. The number of aliphatic carboxylic acids is 1. The van der Waals surface area contributed by atoms with E-state index in [0.29, 0.717) is 21.3 Å². The lowest BCUT2D eigenvalue weighted by Gasteiger charge is -2.15. The predicted molar refractivity (Wildman–Crippen MR) is 160 cm³/mol. The van der Waals surface area contributed by atoms with Gasteiger partial charge in [0.2, 0.25) is 0 Å². The zero-order valence-electron chi connectivity index (χ0n) is 22.3. The standard InChI is InChI=1S/C32H26Cl2FN3O3/c1-18-13-26(35)8-10-27(18)22-7-9-28-29(16-22)38(37-31(28)23-14-24(33)17-25(34)15-23)19(2)20-3-5-21(6-4-20)32(41)36-12-11-30(39)40/h3-10,13-17,19H,11-12H2,1-2H3,(H,36,41)(H,39,40)/t19-/m0/s1. The van der Waals surface area contributed by atoms with E-state index in [1.807, 2.05) is 61.0 Å². The third-order valence-corrected chi connectivity index (χ3v) is 7.43. The molecule has 0 bridgehead atoms. The van der Waals surface area contributed by atoms with Crippen LogP contribution in [0.2, 0.25) is 10.0 Å². The number of nitrogens with one attached hydrogen (secondary N) is 1. The molecule has 0 aliphatic carbocycles. The molecule has 4 aromatic carbocycles. The highest BCUT2D eigenvalue weighted by Gasteiger charge is 2.20. The summed E-state index contributed by atoms with van der Waals surface area (Å²) in [6.07, 6.45) is -0.146. The number of carbonyl (C=O) groups is 2. The Bertz CT molecular complexity index is 1760. The molecular weight excluding hydrogens is 564 g/mol. The summed E-state index contributed by atoms with van der Waals surface area (Å²) in [7, 11) is 0. The number of carbonyl (C=O) groups excluding carboxylic acids is 1. The van der Waals surface area contributed by atoms with Gasteiger partial charge in [-0.2, -0.15) is 5.10 Å². The van der Waals surface area contributed by atoms with Gasteiger partial charge in [0.05, 0.1) is 18.0 Å². The number of aryl methyl sites for hydroxylation is 1. The fourth-order valence-corrected chi connectivity index (χ4v) is 5.42. The number of carboxylic acids is 1. The quantitative estimate of drug-likeness (QED) is 0.192. The molecule has 0 radical (unpaired) electrons. The number of carboxylic acid groups (broad SMARTS) is 1. The SMILES string of the molecule is Cc1cc(F)ccc1-c1ccc2c(-c3cc(Cl)cc(Cl)c3)nn([C@@H](C)c3ccc(C(=O)NCCC(=O)O)cc3)c2c1. The minimum Gasteiger partial charge on any atom is -0.481 e. The molecular formula is C32H26Cl2FN3O3. The Morgan fingerprint density at radius 2 is 1.66 bits per heavy atom. The van der Waals surface area contributed by atoms with Crippen LogP contribution in [0.15, 0.2) is 78.9 Å². The lowest BCUT2D eigenvalue weighted by molar-refractivity contribution is -0.136. The highest BCUT2D eigenvalue weighted by atomic mass is 35.5. The first kappa shape index (κ1) is 28.3. The number of amides is 1.